The summed E-state index contributed by atoms with van der Waals surface area (Å²) in [6.45, 7) is 35.4. The first-order chi connectivity index (χ1) is 23.4. The van der Waals surface area contributed by atoms with Gasteiger partial charge in [-0.2, -0.15) is 0 Å². The molecule has 1 atom stereocenters. The van der Waals surface area contributed by atoms with Crippen LogP contribution in [0.2, 0.25) is 0 Å². The summed E-state index contributed by atoms with van der Waals surface area (Å²) in [5, 5.41) is 10.8. The molecule has 0 radical (unpaired) electrons. The van der Waals surface area contributed by atoms with Crippen LogP contribution >= 0.6 is 0 Å². The molecule has 0 spiro atoms. The number of nitrogens with one attached hydrogen (secondary N) is 3. The molecule has 8 heteroatoms. The van der Waals surface area contributed by atoms with Crippen LogP contribution in [0, 0.1) is 0 Å². The summed E-state index contributed by atoms with van der Waals surface area (Å²) in [6.07, 6.45) is 8.97. The minimum Gasteiger partial charge on any atom is -0.381 e. The number of carbonyl (C=O) groups is 1. The van der Waals surface area contributed by atoms with E-state index in [2.05, 4.69) is 121 Å². The normalized spacial score (nSPS) is 17.6. The Kier molecular flexibility index (Phi) is 22.9. The van der Waals surface area contributed by atoms with Gasteiger partial charge in [0.2, 0.25) is 5.91 Å². The largest absolute Gasteiger partial charge is 0.381 e. The minimum atomic E-state index is 0.120. The van der Waals surface area contributed by atoms with Gasteiger partial charge in [0.1, 0.15) is 0 Å². The lowest BCUT2D eigenvalue weighted by atomic mass is 10.00. The van der Waals surface area contributed by atoms with Gasteiger partial charge in [-0.3, -0.25) is 4.79 Å². The number of piperidine rings is 1. The van der Waals surface area contributed by atoms with Crippen LogP contribution in [-0.2, 0) is 27.1 Å². The van der Waals surface area contributed by atoms with E-state index in [4.69, 9.17) is 9.47 Å². The number of hydrogen-bond donors (Lipinski definition) is 3. The molecule has 2 aliphatic heterocycles. The third kappa shape index (κ3) is 24.6. The Balaban J connectivity index is 0.000000375. The molecule has 2 saturated heterocycles. The average molecular weight is 704 g/mol. The van der Waals surface area contributed by atoms with Crippen molar-refractivity contribution in [2.24, 2.45) is 0 Å². The molecule has 0 unspecified atom stereocenters. The molecule has 50 heavy (non-hydrogen) atoms. The van der Waals surface area contributed by atoms with Gasteiger partial charge in [0, 0.05) is 61.5 Å². The highest BCUT2D eigenvalue weighted by Crippen LogP contribution is 2.15. The molecule has 8 nitrogen and oxygen atoms in total. The zero-order chi connectivity index (χ0) is 37.6. The fraction of sp³-hybridized carbons (Fsp3) is 0.833. The monoisotopic (exact) mass is 704 g/mol. The van der Waals surface area contributed by atoms with Crippen LogP contribution in [0.15, 0.2) is 24.3 Å². The first kappa shape index (κ1) is 46.5. The third-order valence-corrected chi connectivity index (χ3v) is 8.80. The number of carbonyl (C=O) groups excluding carboxylic acids is 1. The maximum Gasteiger partial charge on any atom is 0.224 e. The van der Waals surface area contributed by atoms with E-state index in [1.165, 1.54) is 56.3 Å². The number of rotatable bonds is 16. The Morgan fingerprint density at radius 2 is 1.26 bits per heavy atom. The topological polar surface area (TPSA) is 78.1 Å². The van der Waals surface area contributed by atoms with Crippen LogP contribution in [-0.4, -0.2) is 110 Å². The molecule has 0 aromatic heterocycles. The third-order valence-electron chi connectivity index (χ3n) is 8.80. The van der Waals surface area contributed by atoms with E-state index in [0.29, 0.717) is 31.7 Å². The van der Waals surface area contributed by atoms with Crippen LogP contribution < -0.4 is 16.0 Å². The maximum absolute atomic E-state index is 11.8. The average Bonchev–Trinajstić information content (AvgIpc) is 3.49. The lowest BCUT2D eigenvalue weighted by Crippen LogP contribution is -2.49. The summed E-state index contributed by atoms with van der Waals surface area (Å²) in [7, 11) is 0. The summed E-state index contributed by atoms with van der Waals surface area (Å²) in [6, 6.07) is 10.2. The van der Waals surface area contributed by atoms with Crippen molar-refractivity contribution >= 4 is 5.91 Å². The van der Waals surface area contributed by atoms with Gasteiger partial charge in [-0.05, 0) is 152 Å². The van der Waals surface area contributed by atoms with Crippen molar-refractivity contribution in [3.8, 4) is 0 Å². The molecule has 3 N–H and O–H groups in total. The van der Waals surface area contributed by atoms with E-state index in [1.54, 1.807) is 0 Å². The summed E-state index contributed by atoms with van der Waals surface area (Å²) in [4.78, 5) is 16.3. The van der Waals surface area contributed by atoms with E-state index >= 15 is 0 Å². The number of likely N-dealkylation sites (tertiary alicyclic amines) is 2. The van der Waals surface area contributed by atoms with Crippen molar-refractivity contribution in [2.45, 2.75) is 163 Å². The van der Waals surface area contributed by atoms with Crippen molar-refractivity contribution in [1.29, 1.82) is 0 Å². The number of hydrogen-bond acceptors (Lipinski definition) is 7. The first-order valence-electron chi connectivity index (χ1n) is 20.0. The molecule has 3 rings (SSSR count). The second-order valence-electron chi connectivity index (χ2n) is 17.2. The van der Waals surface area contributed by atoms with Gasteiger partial charge in [-0.15, -0.1) is 0 Å². The van der Waals surface area contributed by atoms with Crippen LogP contribution in [0.4, 0.5) is 0 Å². The maximum atomic E-state index is 11.8. The number of amides is 1. The lowest BCUT2D eigenvalue weighted by molar-refractivity contribution is -0.131. The predicted molar refractivity (Wildman–Crippen MR) is 214 cm³/mol. The van der Waals surface area contributed by atoms with Crippen molar-refractivity contribution in [2.75, 3.05) is 65.7 Å². The molecule has 1 aromatic carbocycles. The van der Waals surface area contributed by atoms with Gasteiger partial charge in [0.25, 0.3) is 0 Å². The van der Waals surface area contributed by atoms with Crippen LogP contribution in [0.25, 0.3) is 0 Å². The van der Waals surface area contributed by atoms with Crippen LogP contribution in [0.1, 0.15) is 133 Å². The standard InChI is InChI=1S/C16H27N.C13H26N2O2.C13H28N2O/c1-5-14-9-11-15(12-10-14)8-6-7-13-17-16(2,3)4;1-5-17-9-7-12(16)15-8-6-11(10-15)14-13(2,3)4;1-5-16-11-10-15-8-6-12(7-9-15)14-13(2,3)4/h9-12,17H,5-8,13H2,1-4H3;11,14H,5-10H2,1-4H3;12,14H,5-11H2,1-4H3/t;11-;/m.1./s1. The Hall–Kier alpha value is -1.55. The van der Waals surface area contributed by atoms with E-state index in [9.17, 15) is 4.79 Å². The smallest absolute Gasteiger partial charge is 0.224 e. The molecular formula is C42H81N5O3. The van der Waals surface area contributed by atoms with E-state index in [1.807, 2.05) is 11.8 Å². The molecule has 2 aliphatic rings. The van der Waals surface area contributed by atoms with Crippen molar-refractivity contribution in [1.82, 2.24) is 25.8 Å². The summed E-state index contributed by atoms with van der Waals surface area (Å²) in [5.41, 5.74) is 3.52. The number of nitrogens with zero attached hydrogens (tertiary/aromatic N) is 2. The fourth-order valence-electron chi connectivity index (χ4n) is 6.29. The highest BCUT2D eigenvalue weighted by atomic mass is 16.5. The van der Waals surface area contributed by atoms with Crippen molar-refractivity contribution in [3.63, 3.8) is 0 Å². The van der Waals surface area contributed by atoms with Gasteiger partial charge in [-0.1, -0.05) is 31.2 Å². The van der Waals surface area contributed by atoms with Crippen LogP contribution in [0.5, 0.6) is 0 Å². The molecule has 2 heterocycles. The zero-order valence-electron chi connectivity index (χ0n) is 34.8. The summed E-state index contributed by atoms with van der Waals surface area (Å²) < 4.78 is 10.6. The Morgan fingerprint density at radius 3 is 1.80 bits per heavy atom. The van der Waals surface area contributed by atoms with Crippen LogP contribution in [0.3, 0.4) is 0 Å². The second kappa shape index (κ2) is 24.6. The van der Waals surface area contributed by atoms with Gasteiger partial charge in [0.15, 0.2) is 0 Å². The van der Waals surface area contributed by atoms with Gasteiger partial charge in [-0.25, -0.2) is 0 Å². The highest BCUT2D eigenvalue weighted by Gasteiger charge is 2.28. The SMILES string of the molecule is CCOCCC(=O)N1CC[C@@H](NC(C)(C)C)C1.CCOCCN1CCC(NC(C)(C)C)CC1.CCc1ccc(CCCCNC(C)(C)C)cc1. The summed E-state index contributed by atoms with van der Waals surface area (Å²) in [5.74, 6) is 0.219. The molecule has 1 amide bonds. The first-order valence-corrected chi connectivity index (χ1v) is 20.0. The zero-order valence-corrected chi connectivity index (χ0v) is 34.8. The van der Waals surface area contributed by atoms with Gasteiger partial charge >= 0.3 is 0 Å². The quantitative estimate of drug-likeness (QED) is 0.157. The van der Waals surface area contributed by atoms with Crippen molar-refractivity contribution < 1.29 is 14.3 Å². The molecular weight excluding hydrogens is 622 g/mol. The Labute approximate surface area is 309 Å². The lowest BCUT2D eigenvalue weighted by Gasteiger charge is -2.36. The van der Waals surface area contributed by atoms with E-state index in [0.717, 1.165) is 52.2 Å². The fourth-order valence-corrected chi connectivity index (χ4v) is 6.29. The Bertz CT molecular complexity index is 989. The molecule has 0 bridgehead atoms. The van der Waals surface area contributed by atoms with E-state index in [-0.39, 0.29) is 22.5 Å². The number of benzene rings is 1. The number of ether oxygens (including phenoxy) is 2. The highest BCUT2D eigenvalue weighted by molar-refractivity contribution is 5.76. The molecule has 1 aromatic rings. The molecule has 292 valence electrons. The van der Waals surface area contributed by atoms with Gasteiger partial charge in [0.05, 0.1) is 19.6 Å². The molecule has 0 saturated carbocycles. The van der Waals surface area contributed by atoms with E-state index < -0.39 is 0 Å². The summed E-state index contributed by atoms with van der Waals surface area (Å²) >= 11 is 0. The van der Waals surface area contributed by atoms with Crippen molar-refractivity contribution in [3.05, 3.63) is 35.4 Å². The minimum absolute atomic E-state index is 0.120. The Morgan fingerprint density at radius 1 is 0.720 bits per heavy atom. The predicted octanol–water partition coefficient (Wildman–Crippen LogP) is 7.24. The number of unbranched alkanes of at least 4 members (excludes halogenated alkanes) is 1. The second-order valence-corrected chi connectivity index (χ2v) is 17.2. The molecule has 2 fully saturated rings. The number of aryl methyl sites for hydroxylation is 2. The molecule has 0 aliphatic carbocycles. The van der Waals surface area contributed by atoms with Gasteiger partial charge < -0.3 is 35.2 Å².